The van der Waals surface area contributed by atoms with E-state index in [1.807, 2.05) is 0 Å². The van der Waals surface area contributed by atoms with Gasteiger partial charge in [-0.1, -0.05) is 12.1 Å². The minimum Gasteiger partial charge on any atom is -0.507 e. The fraction of sp³-hybridized carbons (Fsp3) is 0.316. The molecule has 2 aromatic carbocycles. The van der Waals surface area contributed by atoms with Crippen LogP contribution in [0.1, 0.15) is 26.3 Å². The first-order valence-corrected chi connectivity index (χ1v) is 7.83. The van der Waals surface area contributed by atoms with Crippen molar-refractivity contribution < 1.29 is 19.4 Å². The van der Waals surface area contributed by atoms with Gasteiger partial charge in [-0.25, -0.2) is 0 Å². The molecule has 0 bridgehead atoms. The second-order valence-electron chi connectivity index (χ2n) is 7.07. The normalized spacial score (nSPS) is 22.3. The lowest BCUT2D eigenvalue weighted by atomic mass is 9.79. The number of aliphatic hydroxyl groups is 1. The Balaban J connectivity index is 2.11. The first-order valence-electron chi connectivity index (χ1n) is 7.83. The number of hydrogen-bond donors (Lipinski definition) is 2. The molecule has 1 atom stereocenters. The molecule has 0 amide bonds. The summed E-state index contributed by atoms with van der Waals surface area (Å²) in [7, 11) is 0. The van der Waals surface area contributed by atoms with Gasteiger partial charge in [-0.05, 0) is 39.0 Å². The lowest BCUT2D eigenvalue weighted by molar-refractivity contribution is -0.114. The van der Waals surface area contributed by atoms with E-state index < -0.39 is 11.2 Å². The summed E-state index contributed by atoms with van der Waals surface area (Å²) in [5.41, 5.74) is -0.733. The van der Waals surface area contributed by atoms with E-state index in [0.29, 0.717) is 28.7 Å². The van der Waals surface area contributed by atoms with E-state index in [1.165, 1.54) is 6.07 Å². The molecule has 1 aliphatic heterocycles. The van der Waals surface area contributed by atoms with E-state index in [-0.39, 0.29) is 16.6 Å². The van der Waals surface area contributed by atoms with Gasteiger partial charge in [-0.15, -0.1) is 0 Å². The number of phenolic OH excluding ortho intramolecular Hbond substituents is 1. The van der Waals surface area contributed by atoms with E-state index in [0.717, 1.165) is 5.56 Å². The summed E-state index contributed by atoms with van der Waals surface area (Å²) in [6.07, 6.45) is 0.396. The molecule has 0 radical (unpaired) electrons. The Morgan fingerprint density at radius 3 is 2.62 bits per heavy atom. The first kappa shape index (κ1) is 15.0. The van der Waals surface area contributed by atoms with Gasteiger partial charge in [0.05, 0.1) is 5.39 Å². The third-order valence-electron chi connectivity index (χ3n) is 5.07. The third kappa shape index (κ3) is 1.88. The maximum Gasteiger partial charge on any atom is 0.204 e. The predicted molar refractivity (Wildman–Crippen MR) is 90.7 cm³/mol. The van der Waals surface area contributed by atoms with Gasteiger partial charge in [0, 0.05) is 12.0 Å². The molecule has 3 aromatic rings. The zero-order valence-corrected chi connectivity index (χ0v) is 13.7. The van der Waals surface area contributed by atoms with Crippen LogP contribution in [0.2, 0.25) is 0 Å². The molecular weight excluding hydrogens is 308 g/mol. The molecule has 24 heavy (non-hydrogen) atoms. The quantitative estimate of drug-likeness (QED) is 0.621. The van der Waals surface area contributed by atoms with Crippen LogP contribution in [0.3, 0.4) is 0 Å². The van der Waals surface area contributed by atoms with Gasteiger partial charge in [-0.3, -0.25) is 4.79 Å². The lowest BCUT2D eigenvalue weighted by Crippen LogP contribution is -2.55. The number of rotatable bonds is 0. The van der Waals surface area contributed by atoms with E-state index in [2.05, 4.69) is 0 Å². The molecule has 0 saturated heterocycles. The van der Waals surface area contributed by atoms with Crippen molar-refractivity contribution in [3.8, 4) is 11.5 Å². The van der Waals surface area contributed by atoms with Crippen LogP contribution >= 0.6 is 0 Å². The number of benzene rings is 2. The van der Waals surface area contributed by atoms with Crippen LogP contribution in [0.4, 0.5) is 0 Å². The molecule has 1 aromatic heterocycles. The number of hydrogen-bond acceptors (Lipinski definition) is 5. The molecular formula is C19H18O5. The van der Waals surface area contributed by atoms with Crippen LogP contribution < -0.4 is 10.2 Å². The third-order valence-corrected chi connectivity index (χ3v) is 5.07. The maximum absolute atomic E-state index is 12.8. The minimum absolute atomic E-state index is 0.106. The van der Waals surface area contributed by atoms with Crippen molar-refractivity contribution >= 4 is 21.9 Å². The van der Waals surface area contributed by atoms with Gasteiger partial charge in [0.15, 0.2) is 11.3 Å². The molecule has 5 heteroatoms. The summed E-state index contributed by atoms with van der Waals surface area (Å²) in [6.45, 7) is 5.34. The van der Waals surface area contributed by atoms with Crippen molar-refractivity contribution in [2.45, 2.75) is 38.4 Å². The fourth-order valence-corrected chi connectivity index (χ4v) is 3.16. The van der Waals surface area contributed by atoms with E-state index in [9.17, 15) is 15.0 Å². The highest BCUT2D eigenvalue weighted by molar-refractivity contribution is 5.95. The van der Waals surface area contributed by atoms with Gasteiger partial charge in [0.2, 0.25) is 5.43 Å². The summed E-state index contributed by atoms with van der Waals surface area (Å²) in [5, 5.41) is 21.1. The van der Waals surface area contributed by atoms with Gasteiger partial charge < -0.3 is 19.4 Å². The van der Waals surface area contributed by atoms with Crippen LogP contribution in [0.25, 0.3) is 21.9 Å². The highest BCUT2D eigenvalue weighted by Gasteiger charge is 2.46. The van der Waals surface area contributed by atoms with Crippen LogP contribution in [0, 0.1) is 0 Å². The summed E-state index contributed by atoms with van der Waals surface area (Å²) < 4.78 is 11.9. The summed E-state index contributed by atoms with van der Waals surface area (Å²) in [6, 6.07) is 8.14. The molecule has 4 rings (SSSR count). The average Bonchev–Trinajstić information content (AvgIpc) is 2.48. The molecule has 0 spiro atoms. The highest BCUT2D eigenvalue weighted by atomic mass is 16.5. The summed E-state index contributed by atoms with van der Waals surface area (Å²) in [4.78, 5) is 12.8. The van der Waals surface area contributed by atoms with E-state index in [1.54, 1.807) is 45.0 Å². The Morgan fingerprint density at radius 2 is 1.88 bits per heavy atom. The molecule has 0 saturated carbocycles. The first-order chi connectivity index (χ1) is 11.2. The standard InChI is InChI=1S/C19H18O5/c1-18(2)19(3,22)9-10-7-8-11-15(21)14-12(20)5-4-6-13(14)23-17(11)16(10)24-18/h4-8,20,22H,9H2,1-3H3/t19-/m1/s1. The monoisotopic (exact) mass is 326 g/mol. The summed E-state index contributed by atoms with van der Waals surface area (Å²) >= 11 is 0. The topological polar surface area (TPSA) is 79.9 Å². The Labute approximate surface area is 138 Å². The minimum atomic E-state index is -1.04. The maximum atomic E-state index is 12.8. The molecule has 0 unspecified atom stereocenters. The Kier molecular flexibility index (Phi) is 2.82. The highest BCUT2D eigenvalue weighted by Crippen LogP contribution is 2.43. The second-order valence-corrected chi connectivity index (χ2v) is 7.07. The Morgan fingerprint density at radius 1 is 1.12 bits per heavy atom. The Bertz CT molecular complexity index is 1040. The fourth-order valence-electron chi connectivity index (χ4n) is 3.16. The molecule has 0 aliphatic carbocycles. The van der Waals surface area contributed by atoms with Crippen molar-refractivity contribution in [1.29, 1.82) is 0 Å². The van der Waals surface area contributed by atoms with Crippen LogP contribution in [-0.2, 0) is 6.42 Å². The van der Waals surface area contributed by atoms with Crippen molar-refractivity contribution in [3.05, 3.63) is 46.1 Å². The zero-order valence-electron chi connectivity index (χ0n) is 13.7. The molecule has 124 valence electrons. The largest absolute Gasteiger partial charge is 0.507 e. The van der Waals surface area contributed by atoms with Gasteiger partial charge >= 0.3 is 0 Å². The molecule has 5 nitrogen and oxygen atoms in total. The zero-order chi connectivity index (χ0) is 17.3. The molecule has 2 heterocycles. The number of ether oxygens (including phenoxy) is 1. The van der Waals surface area contributed by atoms with E-state index in [4.69, 9.17) is 9.15 Å². The van der Waals surface area contributed by atoms with Gasteiger partial charge in [-0.2, -0.15) is 0 Å². The second kappa shape index (κ2) is 4.51. The van der Waals surface area contributed by atoms with Crippen molar-refractivity contribution in [1.82, 2.24) is 0 Å². The molecule has 0 fully saturated rings. The number of aromatic hydroxyl groups is 1. The molecule has 1 aliphatic rings. The lowest BCUT2D eigenvalue weighted by Gasteiger charge is -2.44. The molecule has 2 N–H and O–H groups in total. The van der Waals surface area contributed by atoms with Crippen LogP contribution in [-0.4, -0.2) is 21.4 Å². The van der Waals surface area contributed by atoms with Crippen molar-refractivity contribution in [3.63, 3.8) is 0 Å². The number of phenols is 1. The van der Waals surface area contributed by atoms with E-state index >= 15 is 0 Å². The van der Waals surface area contributed by atoms with Gasteiger partial charge in [0.1, 0.15) is 27.9 Å². The predicted octanol–water partition coefficient (Wildman–Crippen LogP) is 3.12. The SMILES string of the molecule is CC1(C)Oc2c(ccc3c(=O)c4c(O)cccc4oc23)C[C@@]1(C)O. The van der Waals surface area contributed by atoms with Crippen LogP contribution in [0.5, 0.6) is 11.5 Å². The van der Waals surface area contributed by atoms with Crippen molar-refractivity contribution in [2.24, 2.45) is 0 Å². The van der Waals surface area contributed by atoms with Gasteiger partial charge in [0.25, 0.3) is 0 Å². The van der Waals surface area contributed by atoms with Crippen LogP contribution in [0.15, 0.2) is 39.5 Å². The summed E-state index contributed by atoms with van der Waals surface area (Å²) in [5.74, 6) is 0.372. The average molecular weight is 326 g/mol. The Hall–Kier alpha value is -2.53. The number of fused-ring (bicyclic) bond motifs is 4. The smallest absolute Gasteiger partial charge is 0.204 e. The van der Waals surface area contributed by atoms with Crippen molar-refractivity contribution in [2.75, 3.05) is 0 Å².